The van der Waals surface area contributed by atoms with Crippen molar-refractivity contribution in [1.29, 1.82) is 0 Å². The Kier molecular flexibility index (Phi) is 14.0. The van der Waals surface area contributed by atoms with Gasteiger partial charge in [0.1, 0.15) is 12.0 Å². The second-order valence-electron chi connectivity index (χ2n) is 11.2. The third-order valence-corrected chi connectivity index (χ3v) is 7.92. The minimum Gasteiger partial charge on any atom is -0.495 e. The van der Waals surface area contributed by atoms with Crippen molar-refractivity contribution in [3.05, 3.63) is 59.2 Å². The molecule has 1 aromatic carbocycles. The molecule has 2 aliphatic rings. The molecule has 1 aliphatic heterocycles. The fraction of sp³-hybridized carbons (Fsp3) is 0.571. The molecule has 230 valence electrons. The zero-order valence-corrected chi connectivity index (χ0v) is 27.1. The molecular formula is C35H53N5O2. The first-order valence-corrected chi connectivity index (χ1v) is 16.1. The van der Waals surface area contributed by atoms with Crippen molar-refractivity contribution < 1.29 is 9.47 Å². The fourth-order valence-corrected chi connectivity index (χ4v) is 5.53. The van der Waals surface area contributed by atoms with E-state index < -0.39 is 0 Å². The van der Waals surface area contributed by atoms with Gasteiger partial charge in [0, 0.05) is 30.1 Å². The lowest BCUT2D eigenvalue weighted by Crippen LogP contribution is -2.18. The van der Waals surface area contributed by atoms with Crippen molar-refractivity contribution in [3.63, 3.8) is 0 Å². The Morgan fingerprint density at radius 3 is 2.50 bits per heavy atom. The number of allylic oxidation sites excluding steroid dienone is 1. The largest absolute Gasteiger partial charge is 0.495 e. The Morgan fingerprint density at radius 2 is 1.83 bits per heavy atom. The molecule has 2 fully saturated rings. The second-order valence-corrected chi connectivity index (χ2v) is 11.2. The smallest absolute Gasteiger partial charge is 0.227 e. The number of aryl methyl sites for hydroxylation is 2. The predicted octanol–water partition coefficient (Wildman–Crippen LogP) is 9.69. The molecule has 5 rings (SSSR count). The summed E-state index contributed by atoms with van der Waals surface area (Å²) >= 11 is 0. The van der Waals surface area contributed by atoms with Gasteiger partial charge in [0.05, 0.1) is 24.7 Å². The van der Waals surface area contributed by atoms with Crippen LogP contribution in [-0.4, -0.2) is 33.5 Å². The highest BCUT2D eigenvalue weighted by Crippen LogP contribution is 2.29. The van der Waals surface area contributed by atoms with Crippen LogP contribution >= 0.6 is 0 Å². The van der Waals surface area contributed by atoms with Gasteiger partial charge in [0.2, 0.25) is 5.95 Å². The molecule has 1 atom stereocenters. The van der Waals surface area contributed by atoms with Gasteiger partial charge in [-0.1, -0.05) is 71.8 Å². The van der Waals surface area contributed by atoms with Crippen LogP contribution in [0.2, 0.25) is 0 Å². The highest BCUT2D eigenvalue weighted by molar-refractivity contribution is 5.80. The van der Waals surface area contributed by atoms with E-state index in [1.165, 1.54) is 51.4 Å². The number of nitrogens with one attached hydrogen (secondary N) is 1. The number of hydrogen-bond donors (Lipinski definition) is 1. The molecule has 0 amide bonds. The summed E-state index contributed by atoms with van der Waals surface area (Å²) < 4.78 is 13.2. The predicted molar refractivity (Wildman–Crippen MR) is 175 cm³/mol. The Labute approximate surface area is 254 Å². The first kappa shape index (κ1) is 33.3. The molecule has 3 aromatic rings. The van der Waals surface area contributed by atoms with Gasteiger partial charge in [-0.05, 0) is 75.3 Å². The minimum atomic E-state index is 0.0458. The van der Waals surface area contributed by atoms with Crippen LogP contribution in [0.15, 0.2) is 36.8 Å². The number of ether oxygens (including phenoxy) is 2. The highest BCUT2D eigenvalue weighted by atomic mass is 16.5. The van der Waals surface area contributed by atoms with Crippen LogP contribution in [-0.2, 0) is 4.74 Å². The number of methoxy groups -OCH3 is 1. The number of benzene rings is 1. The molecule has 0 spiro atoms. The minimum absolute atomic E-state index is 0.0458. The monoisotopic (exact) mass is 575 g/mol. The van der Waals surface area contributed by atoms with Crippen LogP contribution in [0, 0.1) is 19.8 Å². The quantitative estimate of drug-likeness (QED) is 0.288. The maximum Gasteiger partial charge on any atom is 0.227 e. The number of aromatic nitrogens is 4. The van der Waals surface area contributed by atoms with Gasteiger partial charge in [-0.3, -0.25) is 0 Å². The standard InChI is InChI=1S/C24H29N5O2.C9H18.C2H6/c1-16-8-9-21(22(11-16)30-4)28-24-25-13-19(18(3)27-24)12-17(2)20-14-26-29(15-20)23-7-5-6-10-31-23;1-2-6-9-7-4-3-5-8-9;1-2/h8-9,11-15,23H,5-7,10H2,1-4H3,(H,25,27,28);9H,2-8H2,1H3;1-2H3/b17-12+;;. The molecule has 42 heavy (non-hydrogen) atoms. The van der Waals surface area contributed by atoms with Crippen LogP contribution in [0.1, 0.15) is 121 Å². The summed E-state index contributed by atoms with van der Waals surface area (Å²) in [6, 6.07) is 5.98. The summed E-state index contributed by atoms with van der Waals surface area (Å²) in [5.41, 5.74) is 6.01. The van der Waals surface area contributed by atoms with Crippen molar-refractivity contribution in [1.82, 2.24) is 19.7 Å². The van der Waals surface area contributed by atoms with Crippen molar-refractivity contribution >= 4 is 23.3 Å². The summed E-state index contributed by atoms with van der Waals surface area (Å²) in [5.74, 6) is 2.40. The van der Waals surface area contributed by atoms with E-state index in [0.717, 1.165) is 64.8 Å². The highest BCUT2D eigenvalue weighted by Gasteiger charge is 2.17. The lowest BCUT2D eigenvalue weighted by Gasteiger charge is -2.22. The van der Waals surface area contributed by atoms with Crippen molar-refractivity contribution in [2.75, 3.05) is 19.0 Å². The molecule has 2 aromatic heterocycles. The Balaban J connectivity index is 0.000000373. The van der Waals surface area contributed by atoms with Gasteiger partial charge in [0.25, 0.3) is 0 Å². The number of anilines is 2. The average Bonchev–Trinajstić information content (AvgIpc) is 3.53. The third kappa shape index (κ3) is 9.97. The number of rotatable bonds is 8. The first-order valence-electron chi connectivity index (χ1n) is 16.1. The maximum atomic E-state index is 5.82. The van der Waals surface area contributed by atoms with E-state index >= 15 is 0 Å². The molecule has 1 saturated carbocycles. The summed E-state index contributed by atoms with van der Waals surface area (Å²) in [6.07, 6.45) is 21.7. The van der Waals surface area contributed by atoms with Gasteiger partial charge in [-0.2, -0.15) is 5.10 Å². The molecule has 0 bridgehead atoms. The van der Waals surface area contributed by atoms with E-state index in [0.29, 0.717) is 5.95 Å². The normalized spacial score (nSPS) is 17.4. The lowest BCUT2D eigenvalue weighted by atomic mass is 9.86. The topological polar surface area (TPSA) is 74.1 Å². The van der Waals surface area contributed by atoms with E-state index in [9.17, 15) is 0 Å². The summed E-state index contributed by atoms with van der Waals surface area (Å²) in [5, 5.41) is 7.75. The van der Waals surface area contributed by atoms with Crippen LogP contribution in [0.25, 0.3) is 11.6 Å². The van der Waals surface area contributed by atoms with Crippen LogP contribution in [0.5, 0.6) is 5.75 Å². The van der Waals surface area contributed by atoms with E-state index in [1.54, 1.807) is 7.11 Å². The van der Waals surface area contributed by atoms with Crippen molar-refractivity contribution in [2.45, 2.75) is 112 Å². The van der Waals surface area contributed by atoms with E-state index in [4.69, 9.17) is 9.47 Å². The van der Waals surface area contributed by atoms with E-state index in [2.05, 4.69) is 46.5 Å². The van der Waals surface area contributed by atoms with Crippen LogP contribution < -0.4 is 10.1 Å². The van der Waals surface area contributed by atoms with Gasteiger partial charge in [-0.15, -0.1) is 0 Å². The fourth-order valence-electron chi connectivity index (χ4n) is 5.53. The molecule has 3 heterocycles. The van der Waals surface area contributed by atoms with Crippen molar-refractivity contribution in [2.24, 2.45) is 5.92 Å². The third-order valence-electron chi connectivity index (χ3n) is 7.92. The zero-order chi connectivity index (χ0) is 30.3. The second kappa shape index (κ2) is 17.7. The number of nitrogens with zero attached hydrogens (tertiary/aromatic N) is 4. The molecule has 1 unspecified atom stereocenters. The summed E-state index contributed by atoms with van der Waals surface area (Å²) in [7, 11) is 1.66. The number of hydrogen-bond acceptors (Lipinski definition) is 6. The van der Waals surface area contributed by atoms with Gasteiger partial charge in [0.15, 0.2) is 0 Å². The van der Waals surface area contributed by atoms with Gasteiger partial charge in [-0.25, -0.2) is 14.6 Å². The van der Waals surface area contributed by atoms with Crippen molar-refractivity contribution in [3.8, 4) is 5.75 Å². The Morgan fingerprint density at radius 1 is 1.07 bits per heavy atom. The first-order chi connectivity index (χ1) is 20.5. The molecular weight excluding hydrogens is 522 g/mol. The van der Waals surface area contributed by atoms with Crippen LogP contribution in [0.4, 0.5) is 11.6 Å². The maximum absolute atomic E-state index is 5.82. The van der Waals surface area contributed by atoms with Gasteiger partial charge >= 0.3 is 0 Å². The Bertz CT molecular complexity index is 1240. The molecule has 1 saturated heterocycles. The SMILES string of the molecule is CC.CCCC1CCCCC1.COc1cc(C)ccc1Nc1ncc(/C=C(\C)c2cnn(C3CCCCO3)c2)c(C)n1. The van der Waals surface area contributed by atoms with Gasteiger partial charge < -0.3 is 14.8 Å². The summed E-state index contributed by atoms with van der Waals surface area (Å²) in [4.78, 5) is 9.12. The van der Waals surface area contributed by atoms with E-state index in [1.807, 2.05) is 63.0 Å². The molecule has 0 radical (unpaired) electrons. The lowest BCUT2D eigenvalue weighted by molar-refractivity contribution is -0.0394. The Hall–Kier alpha value is -3.19. The molecule has 7 nitrogen and oxygen atoms in total. The average molecular weight is 576 g/mol. The zero-order valence-electron chi connectivity index (χ0n) is 27.1. The summed E-state index contributed by atoms with van der Waals surface area (Å²) in [6.45, 7) is 13.2. The van der Waals surface area contributed by atoms with E-state index in [-0.39, 0.29) is 6.23 Å². The molecule has 1 aliphatic carbocycles. The molecule has 1 N–H and O–H groups in total. The molecule has 7 heteroatoms. The van der Waals surface area contributed by atoms with Crippen LogP contribution in [0.3, 0.4) is 0 Å².